The number of aromatic nitrogens is 2. The van der Waals surface area contributed by atoms with Crippen LogP contribution in [0.1, 0.15) is 16.7 Å². The lowest BCUT2D eigenvalue weighted by atomic mass is 9.92. The summed E-state index contributed by atoms with van der Waals surface area (Å²) in [5.41, 5.74) is 7.36. The van der Waals surface area contributed by atoms with E-state index in [1.807, 2.05) is 11.7 Å². The van der Waals surface area contributed by atoms with Crippen molar-refractivity contribution in [1.29, 1.82) is 0 Å². The van der Waals surface area contributed by atoms with E-state index in [9.17, 15) is 0 Å². The molecule has 6 heteroatoms. The number of ether oxygens (including phenoxy) is 2. The van der Waals surface area contributed by atoms with Gasteiger partial charge in [-0.05, 0) is 43.5 Å². The van der Waals surface area contributed by atoms with Crippen LogP contribution in [0.5, 0.6) is 0 Å². The third-order valence-electron chi connectivity index (χ3n) is 5.21. The van der Waals surface area contributed by atoms with Crippen molar-refractivity contribution in [2.75, 3.05) is 45.4 Å². The Hall–Kier alpha value is -2.08. The van der Waals surface area contributed by atoms with Gasteiger partial charge in [0.2, 0.25) is 0 Å². The van der Waals surface area contributed by atoms with E-state index < -0.39 is 0 Å². The van der Waals surface area contributed by atoms with Crippen molar-refractivity contribution in [3.05, 3.63) is 47.0 Å². The largest absolute Gasteiger partial charge is 0.383 e. The van der Waals surface area contributed by atoms with Crippen LogP contribution >= 0.6 is 12.4 Å². The zero-order chi connectivity index (χ0) is 20.3. The average Bonchev–Trinajstić information content (AvgIpc) is 2.98. The molecule has 0 radical (unpaired) electrons. The second-order valence-electron chi connectivity index (χ2n) is 7.40. The number of fused-ring (bicyclic) bond motifs is 1. The van der Waals surface area contributed by atoms with Gasteiger partial charge in [-0.15, -0.1) is 12.4 Å². The van der Waals surface area contributed by atoms with E-state index in [0.29, 0.717) is 13.2 Å². The predicted molar refractivity (Wildman–Crippen MR) is 124 cm³/mol. The van der Waals surface area contributed by atoms with Crippen LogP contribution in [-0.4, -0.2) is 50.3 Å². The molecule has 0 fully saturated rings. The Morgan fingerprint density at radius 1 is 0.966 bits per heavy atom. The summed E-state index contributed by atoms with van der Waals surface area (Å²) >= 11 is 0. The van der Waals surface area contributed by atoms with Gasteiger partial charge >= 0.3 is 0 Å². The van der Waals surface area contributed by atoms with Crippen molar-refractivity contribution in [3.63, 3.8) is 0 Å². The number of hydrogen-bond acceptors (Lipinski definition) is 4. The van der Waals surface area contributed by atoms with Gasteiger partial charge in [-0.1, -0.05) is 29.8 Å². The Morgan fingerprint density at radius 2 is 1.55 bits per heavy atom. The van der Waals surface area contributed by atoms with Crippen LogP contribution < -0.4 is 4.90 Å². The third-order valence-corrected chi connectivity index (χ3v) is 5.21. The van der Waals surface area contributed by atoms with Crippen molar-refractivity contribution >= 4 is 29.1 Å². The molecule has 0 aliphatic heterocycles. The Kier molecular flexibility index (Phi) is 8.08. The number of rotatable bonds is 8. The average molecular weight is 418 g/mol. The first-order valence-corrected chi connectivity index (χ1v) is 9.74. The fraction of sp³-hybridized carbons (Fsp3) is 0.435. The first-order chi connectivity index (χ1) is 13.5. The minimum absolute atomic E-state index is 0. The molecule has 158 valence electrons. The van der Waals surface area contributed by atoms with Gasteiger partial charge in [0.05, 0.1) is 13.2 Å². The molecule has 0 saturated carbocycles. The molecule has 0 atom stereocenters. The molecule has 0 N–H and O–H groups in total. The van der Waals surface area contributed by atoms with Crippen molar-refractivity contribution in [3.8, 4) is 11.1 Å². The van der Waals surface area contributed by atoms with Gasteiger partial charge in [0.1, 0.15) is 11.3 Å². The van der Waals surface area contributed by atoms with Crippen LogP contribution in [0.25, 0.3) is 22.0 Å². The van der Waals surface area contributed by atoms with Crippen LogP contribution in [0.4, 0.5) is 5.82 Å². The molecule has 0 aliphatic carbocycles. The Bertz CT molecular complexity index is 937. The van der Waals surface area contributed by atoms with E-state index in [-0.39, 0.29) is 12.4 Å². The van der Waals surface area contributed by atoms with Crippen LogP contribution in [0.2, 0.25) is 0 Å². The van der Waals surface area contributed by atoms with E-state index >= 15 is 0 Å². The number of methoxy groups -OCH3 is 2. The molecule has 5 nitrogen and oxygen atoms in total. The summed E-state index contributed by atoms with van der Waals surface area (Å²) in [5.74, 6) is 1.10. The van der Waals surface area contributed by atoms with Gasteiger partial charge in [0, 0.05) is 45.3 Å². The second-order valence-corrected chi connectivity index (χ2v) is 7.40. The van der Waals surface area contributed by atoms with E-state index in [1.54, 1.807) is 14.2 Å². The second kappa shape index (κ2) is 10.1. The van der Waals surface area contributed by atoms with Crippen molar-refractivity contribution < 1.29 is 9.47 Å². The number of hydrogen-bond donors (Lipinski definition) is 0. The Morgan fingerprint density at radius 3 is 2.10 bits per heavy atom. The molecule has 29 heavy (non-hydrogen) atoms. The highest BCUT2D eigenvalue weighted by atomic mass is 35.5. The topological polar surface area (TPSA) is 39.5 Å². The fourth-order valence-electron chi connectivity index (χ4n) is 4.11. The van der Waals surface area contributed by atoms with Crippen LogP contribution in [0.15, 0.2) is 30.3 Å². The summed E-state index contributed by atoms with van der Waals surface area (Å²) in [5, 5.41) is 6.08. The highest BCUT2D eigenvalue weighted by Gasteiger charge is 2.19. The SMILES string of the molecule is COCCN(CCOC)c1c2cccc(-c3c(C)cc(C)cc3C)c2nn1C.Cl. The lowest BCUT2D eigenvalue weighted by molar-refractivity contribution is 0.189. The van der Waals surface area contributed by atoms with Gasteiger partial charge in [-0.25, -0.2) is 0 Å². The molecule has 0 saturated heterocycles. The maximum atomic E-state index is 5.33. The normalized spacial score (nSPS) is 11.0. The number of nitrogens with zero attached hydrogens (tertiary/aromatic N) is 3. The van der Waals surface area contributed by atoms with Crippen LogP contribution in [0, 0.1) is 20.8 Å². The predicted octanol–water partition coefficient (Wildman–Crippen LogP) is 4.69. The third kappa shape index (κ3) is 4.74. The molecule has 0 amide bonds. The quantitative estimate of drug-likeness (QED) is 0.533. The summed E-state index contributed by atoms with van der Waals surface area (Å²) in [6.45, 7) is 9.41. The minimum atomic E-state index is 0. The van der Waals surface area contributed by atoms with Gasteiger partial charge < -0.3 is 14.4 Å². The molecular weight excluding hydrogens is 386 g/mol. The highest BCUT2D eigenvalue weighted by Crippen LogP contribution is 2.36. The molecule has 0 bridgehead atoms. The zero-order valence-corrected chi connectivity index (χ0v) is 19.1. The highest BCUT2D eigenvalue weighted by molar-refractivity contribution is 6.01. The van der Waals surface area contributed by atoms with E-state index in [2.05, 4.69) is 56.0 Å². The van der Waals surface area contributed by atoms with Crippen LogP contribution in [-0.2, 0) is 16.5 Å². The molecule has 1 heterocycles. The summed E-state index contributed by atoms with van der Waals surface area (Å²) in [6.07, 6.45) is 0. The number of aryl methyl sites for hydroxylation is 4. The molecule has 0 spiro atoms. The zero-order valence-electron chi connectivity index (χ0n) is 18.3. The van der Waals surface area contributed by atoms with E-state index in [4.69, 9.17) is 14.6 Å². The number of anilines is 1. The summed E-state index contributed by atoms with van der Waals surface area (Å²) in [7, 11) is 5.48. The monoisotopic (exact) mass is 417 g/mol. The lowest BCUT2D eigenvalue weighted by Crippen LogP contribution is -2.32. The molecule has 1 aromatic heterocycles. The molecule has 3 rings (SSSR count). The summed E-state index contributed by atoms with van der Waals surface area (Å²) < 4.78 is 12.6. The summed E-state index contributed by atoms with van der Waals surface area (Å²) in [6, 6.07) is 11.0. The maximum absolute atomic E-state index is 5.33. The summed E-state index contributed by atoms with van der Waals surface area (Å²) in [4.78, 5) is 2.29. The molecule has 2 aromatic carbocycles. The van der Waals surface area contributed by atoms with Crippen molar-refractivity contribution in [2.45, 2.75) is 20.8 Å². The Labute approximate surface area is 180 Å². The first kappa shape index (κ1) is 23.2. The van der Waals surface area contributed by atoms with Crippen molar-refractivity contribution in [1.82, 2.24) is 9.78 Å². The van der Waals surface area contributed by atoms with Crippen molar-refractivity contribution in [2.24, 2.45) is 7.05 Å². The fourth-order valence-corrected chi connectivity index (χ4v) is 4.11. The smallest absolute Gasteiger partial charge is 0.134 e. The van der Waals surface area contributed by atoms with Crippen LogP contribution in [0.3, 0.4) is 0 Å². The van der Waals surface area contributed by atoms with Gasteiger partial charge in [-0.2, -0.15) is 5.10 Å². The lowest BCUT2D eigenvalue weighted by Gasteiger charge is -2.24. The number of benzene rings is 2. The standard InChI is InChI=1S/C23H31N3O2.ClH/c1-16-14-17(2)21(18(3)15-16)19-8-7-9-20-22(19)24-25(4)23(20)26(10-12-27-5)11-13-28-6;/h7-9,14-15H,10-13H2,1-6H3;1H. The van der Waals surface area contributed by atoms with Gasteiger partial charge in [0.25, 0.3) is 0 Å². The minimum Gasteiger partial charge on any atom is -0.383 e. The first-order valence-electron chi connectivity index (χ1n) is 9.74. The van der Waals surface area contributed by atoms with E-state index in [0.717, 1.165) is 29.8 Å². The maximum Gasteiger partial charge on any atom is 0.134 e. The molecule has 0 unspecified atom stereocenters. The molecule has 0 aliphatic rings. The molecule has 3 aromatic rings. The number of halogens is 1. The molecular formula is C23H32ClN3O2. The van der Waals surface area contributed by atoms with Gasteiger partial charge in [-0.3, -0.25) is 4.68 Å². The Balaban J connectivity index is 0.00000300. The van der Waals surface area contributed by atoms with Gasteiger partial charge in [0.15, 0.2) is 0 Å². The van der Waals surface area contributed by atoms with E-state index in [1.165, 1.54) is 27.8 Å².